The van der Waals surface area contributed by atoms with Crippen LogP contribution < -0.4 is 11.1 Å². The quantitative estimate of drug-likeness (QED) is 0.184. The number of nitrogens with zero attached hydrogens (tertiary/aromatic N) is 2. The lowest BCUT2D eigenvalue weighted by Gasteiger charge is -2.53. The Hall–Kier alpha value is -3.45. The number of likely N-dealkylation sites (N-methyl/N-ethyl adjacent to an activating group) is 1. The van der Waals surface area contributed by atoms with E-state index >= 15 is 0 Å². The predicted molar refractivity (Wildman–Crippen MR) is 154 cm³/mol. The zero-order valence-corrected chi connectivity index (χ0v) is 24.3. The molecule has 5 rings (SSSR count). The summed E-state index contributed by atoms with van der Waals surface area (Å²) in [4.78, 5) is 43.3. The van der Waals surface area contributed by atoms with Crippen LogP contribution in [0.4, 0.5) is 5.69 Å². The molecule has 1 aromatic carbocycles. The molecule has 12 heteroatoms. The minimum Gasteiger partial charge on any atom is -0.508 e. The molecule has 0 bridgehead atoms. The van der Waals surface area contributed by atoms with Gasteiger partial charge in [-0.2, -0.15) is 0 Å². The van der Waals surface area contributed by atoms with E-state index in [0.29, 0.717) is 11.3 Å². The molecule has 1 unspecified atom stereocenters. The fourth-order valence-electron chi connectivity index (χ4n) is 7.57. The van der Waals surface area contributed by atoms with Gasteiger partial charge in [0.15, 0.2) is 11.4 Å². The van der Waals surface area contributed by atoms with Crippen molar-refractivity contribution in [1.82, 2.24) is 9.80 Å². The number of hydrogen-bond acceptors (Lipinski definition) is 11. The highest BCUT2D eigenvalue weighted by molar-refractivity contribution is 6.24. The van der Waals surface area contributed by atoms with Gasteiger partial charge >= 0.3 is 0 Å². The summed E-state index contributed by atoms with van der Waals surface area (Å²) >= 11 is 0. The van der Waals surface area contributed by atoms with E-state index in [1.807, 2.05) is 0 Å². The van der Waals surface area contributed by atoms with E-state index in [2.05, 4.69) is 17.1 Å². The number of carbonyl (C=O) groups is 3. The van der Waals surface area contributed by atoms with Gasteiger partial charge in [0.25, 0.3) is 5.91 Å². The molecule has 8 N–H and O–H groups in total. The summed E-state index contributed by atoms with van der Waals surface area (Å²) in [6.45, 7) is 6.71. The summed E-state index contributed by atoms with van der Waals surface area (Å²) < 4.78 is 0. The zero-order valence-electron chi connectivity index (χ0n) is 24.3. The number of carbonyl (C=O) groups excluding carboxylic acids is 3. The average Bonchev–Trinajstić information content (AvgIpc) is 2.92. The first-order valence-electron chi connectivity index (χ1n) is 14.4. The number of nitrogens with one attached hydrogen (secondary N) is 1. The Balaban J connectivity index is 1.60. The van der Waals surface area contributed by atoms with E-state index in [1.54, 1.807) is 19.1 Å². The van der Waals surface area contributed by atoms with Gasteiger partial charge in [-0.05, 0) is 57.5 Å². The highest BCUT2D eigenvalue weighted by Crippen LogP contribution is 2.56. The number of aromatic hydroxyl groups is 1. The Bertz CT molecular complexity index is 1400. The van der Waals surface area contributed by atoms with Crippen LogP contribution in [0.3, 0.4) is 0 Å². The number of fused-ring (bicyclic) bond motifs is 3. The lowest BCUT2D eigenvalue weighted by atomic mass is 9.54. The van der Waals surface area contributed by atoms with Crippen LogP contribution in [0.25, 0.3) is 5.76 Å². The maximum Gasteiger partial charge on any atom is 0.255 e. The minimum atomic E-state index is -2.93. The van der Waals surface area contributed by atoms with Crippen LogP contribution >= 0.6 is 0 Å². The second kappa shape index (κ2) is 10.7. The van der Waals surface area contributed by atoms with Crippen LogP contribution in [0, 0.1) is 11.8 Å². The first-order chi connectivity index (χ1) is 19.8. The van der Waals surface area contributed by atoms with Crippen molar-refractivity contribution in [1.29, 1.82) is 0 Å². The van der Waals surface area contributed by atoms with E-state index < -0.39 is 75.6 Å². The average molecular weight is 585 g/mol. The number of piperidine rings is 1. The third-order valence-corrected chi connectivity index (χ3v) is 9.62. The number of aliphatic hydroxyl groups is 4. The van der Waals surface area contributed by atoms with Gasteiger partial charge in [0, 0.05) is 30.6 Å². The molecule has 6 atom stereocenters. The number of anilines is 1. The lowest BCUT2D eigenvalue weighted by molar-refractivity contribution is -0.169. The van der Waals surface area contributed by atoms with Gasteiger partial charge in [-0.1, -0.05) is 19.9 Å². The van der Waals surface area contributed by atoms with E-state index in [1.165, 1.54) is 19.0 Å². The van der Waals surface area contributed by atoms with E-state index in [-0.39, 0.29) is 17.4 Å². The molecule has 1 aromatic rings. The van der Waals surface area contributed by atoms with Crippen molar-refractivity contribution >= 4 is 28.9 Å². The van der Waals surface area contributed by atoms with Crippen molar-refractivity contribution in [3.63, 3.8) is 0 Å². The molecule has 1 aliphatic heterocycles. The smallest absolute Gasteiger partial charge is 0.255 e. The number of rotatable bonds is 6. The molecular formula is C30H40N4O8. The molecule has 1 heterocycles. The molecule has 1 amide bonds. The molecule has 1 saturated heterocycles. The van der Waals surface area contributed by atoms with Gasteiger partial charge in [-0.3, -0.25) is 19.3 Å². The number of Topliss-reactive ketones (excluding diaryl/α,β-unsaturated/α-hetero) is 2. The fourth-order valence-corrected chi connectivity index (χ4v) is 7.57. The number of phenols is 1. The van der Waals surface area contributed by atoms with Crippen LogP contribution in [-0.4, -0.2) is 110 Å². The molecule has 0 spiro atoms. The normalized spacial score (nSPS) is 32.1. The van der Waals surface area contributed by atoms with Crippen molar-refractivity contribution in [2.45, 2.75) is 62.8 Å². The third kappa shape index (κ3) is 4.23. The van der Waals surface area contributed by atoms with Gasteiger partial charge in [0.05, 0.1) is 29.3 Å². The largest absolute Gasteiger partial charge is 0.508 e. The lowest BCUT2D eigenvalue weighted by Crippen LogP contribution is -2.70. The number of aliphatic hydroxyl groups excluding tert-OH is 3. The molecule has 0 radical (unpaired) electrons. The summed E-state index contributed by atoms with van der Waals surface area (Å²) in [7, 11) is 2.95. The van der Waals surface area contributed by atoms with Gasteiger partial charge in [0.2, 0.25) is 5.78 Å². The molecule has 42 heavy (non-hydrogen) atoms. The molecular weight excluding hydrogens is 544 g/mol. The topological polar surface area (TPSA) is 197 Å². The standard InChI is InChI=1S/C30H40N4O8/c1-5-10-34-11-8-14(9-12-34)32-16-7-6-15-13(2)17-19(24(36)18(15)23(16)35)27(39)30(42)21(25(17)37)22(33(3)4)26(38)20(28(30)40)29(31)41/h6-7,13-14,17,21-22,25,32,35-37,40,42H,5,8-12H2,1-4H3,(H2,31,41)/t13-,17+,21?,22-,25-,30-/m0/s1. The van der Waals surface area contributed by atoms with Gasteiger partial charge < -0.3 is 41.5 Å². The number of nitrogens with two attached hydrogens (primary N) is 1. The zero-order chi connectivity index (χ0) is 30.8. The van der Waals surface area contributed by atoms with Crippen LogP contribution in [0.5, 0.6) is 5.75 Å². The van der Waals surface area contributed by atoms with Crippen molar-refractivity contribution in [2.75, 3.05) is 39.0 Å². The maximum absolute atomic E-state index is 14.1. The minimum absolute atomic E-state index is 0.0144. The SMILES string of the molecule is CCCN1CCC(Nc2ccc3c(c2O)C(O)=C2C(=O)[C@]4(O)C(O)=C(C(N)=O)C(=O)[C@@H](N(C)C)C4[C@@H](O)[C@@H]2[C@H]3C)CC1. The third-order valence-electron chi connectivity index (χ3n) is 9.62. The van der Waals surface area contributed by atoms with Crippen molar-refractivity contribution in [2.24, 2.45) is 17.6 Å². The Morgan fingerprint density at radius 1 is 1.17 bits per heavy atom. The maximum atomic E-state index is 14.1. The van der Waals surface area contributed by atoms with Crippen LogP contribution in [0.1, 0.15) is 50.2 Å². The molecule has 0 aromatic heterocycles. The number of hydrogen-bond donors (Lipinski definition) is 7. The first kappa shape index (κ1) is 30.0. The highest BCUT2D eigenvalue weighted by atomic mass is 16.4. The fraction of sp³-hybridized carbons (Fsp3) is 0.567. The van der Waals surface area contributed by atoms with E-state index in [4.69, 9.17) is 5.73 Å². The summed E-state index contributed by atoms with van der Waals surface area (Å²) in [6, 6.07) is 2.13. The molecule has 2 fully saturated rings. The monoisotopic (exact) mass is 584 g/mol. The number of amides is 1. The number of ketones is 2. The second-order valence-electron chi connectivity index (χ2n) is 12.2. The molecule has 228 valence electrons. The Kier molecular flexibility index (Phi) is 7.63. The Labute approximate surface area is 244 Å². The number of benzene rings is 1. The Morgan fingerprint density at radius 3 is 2.38 bits per heavy atom. The van der Waals surface area contributed by atoms with E-state index in [9.17, 15) is 39.9 Å². The summed E-state index contributed by atoms with van der Waals surface area (Å²) in [5, 5.41) is 60.8. The molecule has 12 nitrogen and oxygen atoms in total. The van der Waals surface area contributed by atoms with Gasteiger partial charge in [-0.15, -0.1) is 0 Å². The van der Waals surface area contributed by atoms with Crippen LogP contribution in [0.2, 0.25) is 0 Å². The number of likely N-dealkylation sites (tertiary alicyclic amines) is 1. The molecule has 1 saturated carbocycles. The number of primary amides is 1. The molecule has 3 aliphatic carbocycles. The first-order valence-corrected chi connectivity index (χ1v) is 14.4. The summed E-state index contributed by atoms with van der Waals surface area (Å²) in [5.41, 5.74) is 1.93. The van der Waals surface area contributed by atoms with Gasteiger partial charge in [0.1, 0.15) is 22.8 Å². The predicted octanol–water partition coefficient (Wildman–Crippen LogP) is 0.782. The van der Waals surface area contributed by atoms with Crippen molar-refractivity contribution < 1.29 is 39.9 Å². The Morgan fingerprint density at radius 2 is 1.81 bits per heavy atom. The van der Waals surface area contributed by atoms with Crippen molar-refractivity contribution in [3.05, 3.63) is 40.2 Å². The van der Waals surface area contributed by atoms with Gasteiger partial charge in [-0.25, -0.2) is 0 Å². The molecule has 4 aliphatic rings. The van der Waals surface area contributed by atoms with Crippen LogP contribution in [0.15, 0.2) is 29.0 Å². The highest BCUT2D eigenvalue weighted by Gasteiger charge is 2.68. The second-order valence-corrected chi connectivity index (χ2v) is 12.2. The summed E-state index contributed by atoms with van der Waals surface area (Å²) in [6.07, 6.45) is 1.18. The van der Waals surface area contributed by atoms with Crippen LogP contribution in [-0.2, 0) is 14.4 Å². The summed E-state index contributed by atoms with van der Waals surface area (Å²) in [5.74, 6) is -8.92. The van der Waals surface area contributed by atoms with Crippen molar-refractivity contribution in [3.8, 4) is 5.75 Å². The van der Waals surface area contributed by atoms with E-state index in [0.717, 1.165) is 38.9 Å². The number of phenolic OH excluding ortho intramolecular Hbond substituents is 1.